The molecule has 1 aliphatic carbocycles. The molecule has 0 saturated heterocycles. The second-order valence-corrected chi connectivity index (χ2v) is 5.04. The highest BCUT2D eigenvalue weighted by atomic mass is 16.6. The molecule has 1 aliphatic heterocycles. The van der Waals surface area contributed by atoms with E-state index in [0.717, 1.165) is 11.5 Å². The second kappa shape index (κ2) is 3.91. The smallest absolute Gasteiger partial charge is 0.161 e. The molecule has 0 amide bonds. The van der Waals surface area contributed by atoms with Gasteiger partial charge in [0.2, 0.25) is 0 Å². The van der Waals surface area contributed by atoms with Crippen LogP contribution >= 0.6 is 0 Å². The van der Waals surface area contributed by atoms with Crippen molar-refractivity contribution in [2.75, 3.05) is 20.3 Å². The summed E-state index contributed by atoms with van der Waals surface area (Å²) in [5.74, 6) is 2.99. The van der Waals surface area contributed by atoms with E-state index in [2.05, 4.69) is 31.3 Å². The van der Waals surface area contributed by atoms with Crippen LogP contribution in [0.2, 0.25) is 0 Å². The Bertz CT molecular complexity index is 444. The lowest BCUT2D eigenvalue weighted by molar-refractivity contribution is 0.171. The molecule has 0 radical (unpaired) electrons. The van der Waals surface area contributed by atoms with Crippen molar-refractivity contribution in [1.82, 2.24) is 5.32 Å². The summed E-state index contributed by atoms with van der Waals surface area (Å²) in [4.78, 5) is 0. The Morgan fingerprint density at radius 2 is 1.65 bits per heavy atom. The summed E-state index contributed by atoms with van der Waals surface area (Å²) in [5, 5.41) is 3.41. The largest absolute Gasteiger partial charge is 0.486 e. The molecule has 3 rings (SSSR count). The van der Waals surface area contributed by atoms with Gasteiger partial charge in [-0.2, -0.15) is 0 Å². The molecule has 92 valence electrons. The number of ether oxygens (including phenoxy) is 2. The molecule has 1 aromatic carbocycles. The van der Waals surface area contributed by atoms with Crippen molar-refractivity contribution in [2.24, 2.45) is 5.92 Å². The van der Waals surface area contributed by atoms with Crippen LogP contribution < -0.4 is 14.8 Å². The van der Waals surface area contributed by atoms with Crippen molar-refractivity contribution < 1.29 is 9.47 Å². The van der Waals surface area contributed by atoms with Crippen molar-refractivity contribution in [2.45, 2.75) is 25.8 Å². The van der Waals surface area contributed by atoms with Crippen molar-refractivity contribution in [1.29, 1.82) is 0 Å². The fourth-order valence-corrected chi connectivity index (χ4v) is 3.06. The first-order valence-electron chi connectivity index (χ1n) is 6.33. The van der Waals surface area contributed by atoms with Gasteiger partial charge in [0.25, 0.3) is 0 Å². The zero-order chi connectivity index (χ0) is 12.0. The van der Waals surface area contributed by atoms with Gasteiger partial charge in [0.1, 0.15) is 13.2 Å². The summed E-state index contributed by atoms with van der Waals surface area (Å²) >= 11 is 0. The van der Waals surface area contributed by atoms with Crippen LogP contribution in [-0.4, -0.2) is 20.3 Å². The maximum Gasteiger partial charge on any atom is 0.161 e. The van der Waals surface area contributed by atoms with E-state index in [4.69, 9.17) is 9.47 Å². The molecule has 0 saturated carbocycles. The summed E-state index contributed by atoms with van der Waals surface area (Å²) in [5.41, 5.74) is 2.78. The van der Waals surface area contributed by atoms with E-state index in [1.807, 2.05) is 7.05 Å². The Morgan fingerprint density at radius 3 is 2.24 bits per heavy atom. The molecule has 0 fully saturated rings. The third-order valence-corrected chi connectivity index (χ3v) is 4.20. The Hall–Kier alpha value is -1.22. The molecule has 3 atom stereocenters. The second-order valence-electron chi connectivity index (χ2n) is 5.04. The van der Waals surface area contributed by atoms with E-state index in [1.54, 1.807) is 0 Å². The van der Waals surface area contributed by atoms with Gasteiger partial charge >= 0.3 is 0 Å². The van der Waals surface area contributed by atoms with E-state index in [-0.39, 0.29) is 0 Å². The predicted molar refractivity (Wildman–Crippen MR) is 66.8 cm³/mol. The molecule has 3 unspecified atom stereocenters. The van der Waals surface area contributed by atoms with Crippen molar-refractivity contribution in [3.63, 3.8) is 0 Å². The van der Waals surface area contributed by atoms with Crippen LogP contribution in [0, 0.1) is 5.92 Å². The van der Waals surface area contributed by atoms with Crippen molar-refractivity contribution >= 4 is 0 Å². The maximum atomic E-state index is 5.66. The van der Waals surface area contributed by atoms with E-state index in [1.165, 1.54) is 11.1 Å². The third kappa shape index (κ3) is 1.53. The molecule has 0 aromatic heterocycles. The summed E-state index contributed by atoms with van der Waals surface area (Å²) in [6.07, 6.45) is 0. The Labute approximate surface area is 102 Å². The van der Waals surface area contributed by atoms with Crippen LogP contribution in [0.5, 0.6) is 11.5 Å². The number of fused-ring (bicyclic) bond motifs is 2. The van der Waals surface area contributed by atoms with Crippen LogP contribution in [0.1, 0.15) is 36.9 Å². The standard InChI is InChI=1S/C14H19NO2/c1-8-9(2)14(15-3)11-7-13-12(6-10(8)11)16-4-5-17-13/h6-9,14-15H,4-5H2,1-3H3. The van der Waals surface area contributed by atoms with Gasteiger partial charge in [0.05, 0.1) is 0 Å². The minimum atomic E-state index is 0.427. The van der Waals surface area contributed by atoms with Gasteiger partial charge in [0.15, 0.2) is 11.5 Å². The van der Waals surface area contributed by atoms with Gasteiger partial charge in [-0.15, -0.1) is 0 Å². The van der Waals surface area contributed by atoms with Crippen molar-refractivity contribution in [3.05, 3.63) is 23.3 Å². The summed E-state index contributed by atoms with van der Waals surface area (Å²) in [6, 6.07) is 4.75. The summed E-state index contributed by atoms with van der Waals surface area (Å²) in [7, 11) is 2.03. The fourth-order valence-electron chi connectivity index (χ4n) is 3.06. The Balaban J connectivity index is 2.10. The minimum Gasteiger partial charge on any atom is -0.486 e. The molecule has 3 heteroatoms. The van der Waals surface area contributed by atoms with Crippen LogP contribution in [0.15, 0.2) is 12.1 Å². The summed E-state index contributed by atoms with van der Waals surface area (Å²) < 4.78 is 11.3. The minimum absolute atomic E-state index is 0.427. The maximum absolute atomic E-state index is 5.66. The first kappa shape index (κ1) is 10.9. The van der Waals surface area contributed by atoms with Gasteiger partial charge in [0, 0.05) is 6.04 Å². The van der Waals surface area contributed by atoms with Crippen molar-refractivity contribution in [3.8, 4) is 11.5 Å². The molecule has 2 aliphatic rings. The van der Waals surface area contributed by atoms with E-state index >= 15 is 0 Å². The number of nitrogens with one attached hydrogen (secondary N) is 1. The molecule has 1 heterocycles. The molecule has 1 N–H and O–H groups in total. The topological polar surface area (TPSA) is 30.5 Å². The molecule has 0 bridgehead atoms. The molecular weight excluding hydrogens is 214 g/mol. The van der Waals surface area contributed by atoms with Gasteiger partial charge in [-0.1, -0.05) is 13.8 Å². The van der Waals surface area contributed by atoms with Gasteiger partial charge in [-0.05, 0) is 42.1 Å². The average molecular weight is 233 g/mol. The van der Waals surface area contributed by atoms with Gasteiger partial charge in [-0.25, -0.2) is 0 Å². The number of hydrogen-bond acceptors (Lipinski definition) is 3. The zero-order valence-corrected chi connectivity index (χ0v) is 10.6. The lowest BCUT2D eigenvalue weighted by atomic mass is 9.94. The molecule has 17 heavy (non-hydrogen) atoms. The van der Waals surface area contributed by atoms with Crippen LogP contribution in [-0.2, 0) is 0 Å². The van der Waals surface area contributed by atoms with E-state index in [9.17, 15) is 0 Å². The predicted octanol–water partition coefficient (Wildman–Crippen LogP) is 2.47. The molecule has 3 nitrogen and oxygen atoms in total. The molecule has 1 aromatic rings. The lowest BCUT2D eigenvalue weighted by Crippen LogP contribution is -2.20. The van der Waals surface area contributed by atoms with Gasteiger partial charge in [-0.3, -0.25) is 0 Å². The molecule has 0 spiro atoms. The Kier molecular flexibility index (Phi) is 2.51. The lowest BCUT2D eigenvalue weighted by Gasteiger charge is -2.21. The highest BCUT2D eigenvalue weighted by Gasteiger charge is 2.36. The number of hydrogen-bond donors (Lipinski definition) is 1. The quantitative estimate of drug-likeness (QED) is 0.808. The molecular formula is C14H19NO2. The fraction of sp³-hybridized carbons (Fsp3) is 0.571. The van der Waals surface area contributed by atoms with E-state index in [0.29, 0.717) is 31.1 Å². The summed E-state index contributed by atoms with van der Waals surface area (Å²) in [6.45, 7) is 5.90. The monoisotopic (exact) mass is 233 g/mol. The number of rotatable bonds is 1. The van der Waals surface area contributed by atoms with Gasteiger partial charge < -0.3 is 14.8 Å². The highest BCUT2D eigenvalue weighted by molar-refractivity contribution is 5.52. The first-order valence-corrected chi connectivity index (χ1v) is 6.33. The van der Waals surface area contributed by atoms with Crippen LogP contribution in [0.25, 0.3) is 0 Å². The number of benzene rings is 1. The zero-order valence-electron chi connectivity index (χ0n) is 10.6. The van der Waals surface area contributed by atoms with Crippen LogP contribution in [0.3, 0.4) is 0 Å². The first-order chi connectivity index (χ1) is 8.22. The third-order valence-electron chi connectivity index (χ3n) is 4.20. The highest BCUT2D eigenvalue weighted by Crippen LogP contribution is 2.48. The average Bonchev–Trinajstić information content (AvgIpc) is 2.59. The normalized spacial score (nSPS) is 30.2. The SMILES string of the molecule is CNC1c2cc3c(cc2C(C)C1C)OCCO3. The van der Waals surface area contributed by atoms with E-state index < -0.39 is 0 Å². The Morgan fingerprint density at radius 1 is 1.06 bits per heavy atom. The van der Waals surface area contributed by atoms with Crippen LogP contribution in [0.4, 0.5) is 0 Å².